The largest absolute Gasteiger partial charge is 0.355 e. The van der Waals surface area contributed by atoms with Crippen LogP contribution in [0.1, 0.15) is 36.3 Å². The third kappa shape index (κ3) is 5.68. The van der Waals surface area contributed by atoms with Gasteiger partial charge in [0, 0.05) is 32.7 Å². The van der Waals surface area contributed by atoms with E-state index in [0.29, 0.717) is 5.92 Å². The van der Waals surface area contributed by atoms with Gasteiger partial charge in [0.15, 0.2) is 0 Å². The van der Waals surface area contributed by atoms with Gasteiger partial charge in [-0.25, -0.2) is 0 Å². The fraction of sp³-hybridized carbons (Fsp3) is 0.480. The maximum Gasteiger partial charge on any atom is 0.224 e. The molecule has 1 amide bonds. The van der Waals surface area contributed by atoms with Crippen molar-refractivity contribution in [1.29, 1.82) is 0 Å². The zero-order valence-electron chi connectivity index (χ0n) is 17.3. The highest BCUT2D eigenvalue weighted by Crippen LogP contribution is 2.31. The first-order chi connectivity index (χ1) is 14.3. The molecular weight excluding hydrogens is 358 g/mol. The van der Waals surface area contributed by atoms with Crippen LogP contribution in [0, 0.1) is 5.92 Å². The van der Waals surface area contributed by atoms with Crippen molar-refractivity contribution in [2.75, 3.05) is 39.3 Å². The van der Waals surface area contributed by atoms with E-state index in [4.69, 9.17) is 0 Å². The number of likely N-dealkylation sites (tertiary alicyclic amines) is 2. The van der Waals surface area contributed by atoms with E-state index in [-0.39, 0.29) is 11.8 Å². The van der Waals surface area contributed by atoms with Gasteiger partial charge in [-0.1, -0.05) is 60.7 Å². The summed E-state index contributed by atoms with van der Waals surface area (Å²) in [6, 6.07) is 21.3. The van der Waals surface area contributed by atoms with Gasteiger partial charge in [-0.2, -0.15) is 0 Å². The minimum Gasteiger partial charge on any atom is -0.355 e. The number of benzene rings is 2. The molecule has 2 saturated heterocycles. The van der Waals surface area contributed by atoms with Gasteiger partial charge in [0.05, 0.1) is 5.92 Å². The lowest BCUT2D eigenvalue weighted by Gasteiger charge is -2.37. The Morgan fingerprint density at radius 1 is 0.897 bits per heavy atom. The monoisotopic (exact) mass is 391 g/mol. The third-order valence-corrected chi connectivity index (χ3v) is 6.34. The molecule has 2 heterocycles. The van der Waals surface area contributed by atoms with Crippen LogP contribution < -0.4 is 5.32 Å². The minimum absolute atomic E-state index is 0.0521. The van der Waals surface area contributed by atoms with Gasteiger partial charge in [-0.05, 0) is 49.4 Å². The normalized spacial score (nSPS) is 23.2. The molecule has 2 aromatic rings. The fourth-order valence-corrected chi connectivity index (χ4v) is 4.81. The number of hydrogen-bond donors (Lipinski definition) is 1. The minimum atomic E-state index is 0.0521. The Labute approximate surface area is 174 Å². The van der Waals surface area contributed by atoms with Crippen LogP contribution in [-0.2, 0) is 11.3 Å². The van der Waals surface area contributed by atoms with E-state index in [1.54, 1.807) is 0 Å². The predicted molar refractivity (Wildman–Crippen MR) is 118 cm³/mol. The van der Waals surface area contributed by atoms with Gasteiger partial charge in [-0.15, -0.1) is 0 Å². The lowest BCUT2D eigenvalue weighted by atomic mass is 9.84. The highest BCUT2D eigenvalue weighted by molar-refractivity contribution is 5.79. The molecule has 0 radical (unpaired) electrons. The Hall–Kier alpha value is -2.17. The summed E-state index contributed by atoms with van der Waals surface area (Å²) in [6.07, 6.45) is 3.53. The van der Waals surface area contributed by atoms with Crippen molar-refractivity contribution in [3.05, 3.63) is 71.8 Å². The molecule has 2 unspecified atom stereocenters. The van der Waals surface area contributed by atoms with Gasteiger partial charge in [0.1, 0.15) is 0 Å². The summed E-state index contributed by atoms with van der Waals surface area (Å²) in [5.74, 6) is 0.683. The summed E-state index contributed by atoms with van der Waals surface area (Å²) in [5.41, 5.74) is 2.66. The van der Waals surface area contributed by atoms with E-state index in [9.17, 15) is 4.79 Å². The van der Waals surface area contributed by atoms with Gasteiger partial charge < -0.3 is 10.2 Å². The molecule has 2 aliphatic rings. The standard InChI is InChI=1S/C25H33N3O/c29-25(26-13-16-27-14-7-8-15-27)24-17-23(22-11-5-2-6-12-22)19-28(20-24)18-21-9-3-1-4-10-21/h1-6,9-12,23-24H,7-8,13-20H2,(H,26,29). The first kappa shape index (κ1) is 20.1. The molecule has 0 spiro atoms. The molecule has 0 aliphatic carbocycles. The van der Waals surface area contributed by atoms with Crippen molar-refractivity contribution < 1.29 is 4.79 Å². The first-order valence-corrected chi connectivity index (χ1v) is 11.1. The quantitative estimate of drug-likeness (QED) is 0.785. The Morgan fingerprint density at radius 2 is 1.59 bits per heavy atom. The summed E-state index contributed by atoms with van der Waals surface area (Å²) in [4.78, 5) is 17.9. The molecule has 0 aromatic heterocycles. The summed E-state index contributed by atoms with van der Waals surface area (Å²) < 4.78 is 0. The topological polar surface area (TPSA) is 35.6 Å². The smallest absolute Gasteiger partial charge is 0.224 e. The molecule has 2 aromatic carbocycles. The highest BCUT2D eigenvalue weighted by atomic mass is 16.1. The van der Waals surface area contributed by atoms with Crippen LogP contribution in [0.5, 0.6) is 0 Å². The molecule has 2 aliphatic heterocycles. The molecule has 2 fully saturated rings. The maximum absolute atomic E-state index is 13.0. The lowest BCUT2D eigenvalue weighted by Crippen LogP contribution is -2.46. The number of nitrogens with zero attached hydrogens (tertiary/aromatic N) is 2. The van der Waals surface area contributed by atoms with Crippen molar-refractivity contribution in [1.82, 2.24) is 15.1 Å². The maximum atomic E-state index is 13.0. The van der Waals surface area contributed by atoms with Gasteiger partial charge >= 0.3 is 0 Å². The summed E-state index contributed by atoms with van der Waals surface area (Å²) in [5, 5.41) is 3.23. The van der Waals surface area contributed by atoms with Crippen LogP contribution in [0.25, 0.3) is 0 Å². The average molecular weight is 392 g/mol. The molecule has 0 saturated carbocycles. The second-order valence-corrected chi connectivity index (χ2v) is 8.56. The summed E-state index contributed by atoms with van der Waals surface area (Å²) in [7, 11) is 0. The summed E-state index contributed by atoms with van der Waals surface area (Å²) in [6.45, 7) is 6.87. The molecule has 4 heteroatoms. The molecule has 2 atom stereocenters. The number of carbonyl (C=O) groups is 1. The van der Waals surface area contributed by atoms with Gasteiger partial charge in [-0.3, -0.25) is 9.69 Å². The first-order valence-electron chi connectivity index (χ1n) is 11.1. The molecular formula is C25H33N3O. The van der Waals surface area contributed by atoms with Crippen molar-refractivity contribution in [3.8, 4) is 0 Å². The average Bonchev–Trinajstić information content (AvgIpc) is 3.28. The van der Waals surface area contributed by atoms with Crippen molar-refractivity contribution >= 4 is 5.91 Å². The molecule has 154 valence electrons. The van der Waals surface area contributed by atoms with Crippen LogP contribution in [0.15, 0.2) is 60.7 Å². The highest BCUT2D eigenvalue weighted by Gasteiger charge is 2.32. The molecule has 1 N–H and O–H groups in total. The number of rotatable bonds is 7. The van der Waals surface area contributed by atoms with Crippen LogP contribution in [0.2, 0.25) is 0 Å². The Morgan fingerprint density at radius 3 is 2.31 bits per heavy atom. The molecule has 29 heavy (non-hydrogen) atoms. The second-order valence-electron chi connectivity index (χ2n) is 8.56. The van der Waals surface area contributed by atoms with Gasteiger partial charge in [0.25, 0.3) is 0 Å². The van der Waals surface area contributed by atoms with E-state index in [1.165, 1.54) is 37.1 Å². The van der Waals surface area contributed by atoms with E-state index in [0.717, 1.165) is 39.1 Å². The van der Waals surface area contributed by atoms with Crippen molar-refractivity contribution in [2.45, 2.75) is 31.7 Å². The van der Waals surface area contributed by atoms with Gasteiger partial charge in [0.2, 0.25) is 5.91 Å². The van der Waals surface area contributed by atoms with Crippen molar-refractivity contribution in [3.63, 3.8) is 0 Å². The Kier molecular flexibility index (Phi) is 6.96. The van der Waals surface area contributed by atoms with E-state index in [1.807, 2.05) is 0 Å². The van der Waals surface area contributed by atoms with E-state index < -0.39 is 0 Å². The predicted octanol–water partition coefficient (Wildman–Crippen LogP) is 3.50. The number of piperidine rings is 1. The lowest BCUT2D eigenvalue weighted by molar-refractivity contribution is -0.127. The summed E-state index contributed by atoms with van der Waals surface area (Å²) >= 11 is 0. The number of nitrogens with one attached hydrogen (secondary N) is 1. The molecule has 4 rings (SSSR count). The molecule has 0 bridgehead atoms. The van der Waals surface area contributed by atoms with Crippen molar-refractivity contribution in [2.24, 2.45) is 5.92 Å². The number of amides is 1. The zero-order valence-corrected chi connectivity index (χ0v) is 17.3. The number of hydrogen-bond acceptors (Lipinski definition) is 3. The van der Waals surface area contributed by atoms with Crippen LogP contribution in [-0.4, -0.2) is 55.0 Å². The van der Waals surface area contributed by atoms with Crippen LogP contribution in [0.3, 0.4) is 0 Å². The fourth-order valence-electron chi connectivity index (χ4n) is 4.81. The number of carbonyl (C=O) groups excluding carboxylic acids is 1. The molecule has 4 nitrogen and oxygen atoms in total. The van der Waals surface area contributed by atoms with Crippen LogP contribution >= 0.6 is 0 Å². The SMILES string of the molecule is O=C(NCCN1CCCC1)C1CC(c2ccccc2)CN(Cc2ccccc2)C1. The van der Waals surface area contributed by atoms with E-state index in [2.05, 4.69) is 75.8 Å². The zero-order chi connectivity index (χ0) is 19.9. The second kappa shape index (κ2) is 10.0. The van der Waals surface area contributed by atoms with E-state index >= 15 is 0 Å². The van der Waals surface area contributed by atoms with Crippen LogP contribution in [0.4, 0.5) is 0 Å². The third-order valence-electron chi connectivity index (χ3n) is 6.34. The Balaban J connectivity index is 1.39. The Bertz CT molecular complexity index is 758.